The molecular formula is C12H10N2O6S2. The van der Waals surface area contributed by atoms with Gasteiger partial charge in [-0.15, -0.1) is 23.5 Å². The van der Waals surface area contributed by atoms with Crippen LogP contribution in [-0.4, -0.2) is 33.4 Å². The number of hydrogen-bond acceptors (Lipinski definition) is 8. The van der Waals surface area contributed by atoms with E-state index in [0.29, 0.717) is 17.1 Å². The molecule has 0 bridgehead atoms. The normalized spacial score (nSPS) is 22.7. The number of esters is 1. The molecule has 1 aromatic carbocycles. The van der Waals surface area contributed by atoms with Gasteiger partial charge in [-0.1, -0.05) is 0 Å². The molecule has 8 nitrogen and oxygen atoms in total. The average Bonchev–Trinajstić information content (AvgIpc) is 2.47. The Morgan fingerprint density at radius 3 is 2.50 bits per heavy atom. The molecule has 1 spiro atoms. The standard InChI is InChI=1S/C12H10N2O6S2/c15-11-10(14(18)19)12(21-4-1-5-22-12)8-6-7(13(16)17)2-3-9(8)20-11/h2-3,6,10H,1,4-5H2/t10-/m1/s1. The van der Waals surface area contributed by atoms with Crippen molar-refractivity contribution in [2.24, 2.45) is 0 Å². The van der Waals surface area contributed by atoms with Gasteiger partial charge in [-0.3, -0.25) is 20.2 Å². The zero-order chi connectivity index (χ0) is 15.9. The SMILES string of the molecule is O=C1Oc2ccc([N+](=O)[O-])cc2C2(SCCCS2)[C@@H]1[N+](=O)[O-]. The number of fused-ring (bicyclic) bond motifs is 2. The molecule has 22 heavy (non-hydrogen) atoms. The van der Waals surface area contributed by atoms with E-state index >= 15 is 0 Å². The van der Waals surface area contributed by atoms with Crippen LogP contribution in [0, 0.1) is 20.2 Å². The lowest BCUT2D eigenvalue weighted by Crippen LogP contribution is -2.51. The number of non-ortho nitro benzene ring substituents is 1. The molecule has 1 aromatic rings. The van der Waals surface area contributed by atoms with Gasteiger partial charge in [0.1, 0.15) is 5.75 Å². The van der Waals surface area contributed by atoms with E-state index in [-0.39, 0.29) is 11.4 Å². The van der Waals surface area contributed by atoms with Gasteiger partial charge < -0.3 is 4.74 Å². The summed E-state index contributed by atoms with van der Waals surface area (Å²) in [6, 6.07) is 2.27. The fraction of sp³-hybridized carbons (Fsp3) is 0.417. The number of hydrogen-bond donors (Lipinski definition) is 0. The quantitative estimate of drug-likeness (QED) is 0.348. The maximum absolute atomic E-state index is 12.1. The van der Waals surface area contributed by atoms with Crippen LogP contribution in [0.1, 0.15) is 12.0 Å². The number of benzene rings is 1. The molecule has 2 aliphatic heterocycles. The first-order valence-electron chi connectivity index (χ1n) is 6.38. The van der Waals surface area contributed by atoms with Crippen LogP contribution in [0.5, 0.6) is 5.75 Å². The third kappa shape index (κ3) is 2.22. The largest absolute Gasteiger partial charge is 0.421 e. The molecule has 1 saturated heterocycles. The highest BCUT2D eigenvalue weighted by Gasteiger charge is 2.60. The molecule has 0 aliphatic carbocycles. The Balaban J connectivity index is 2.21. The number of carbonyl (C=O) groups is 1. The van der Waals surface area contributed by atoms with Crippen molar-refractivity contribution in [1.29, 1.82) is 0 Å². The molecule has 10 heteroatoms. The number of rotatable bonds is 2. The first kappa shape index (κ1) is 15.1. The second-order valence-electron chi connectivity index (χ2n) is 4.76. The Morgan fingerprint density at radius 1 is 1.23 bits per heavy atom. The summed E-state index contributed by atoms with van der Waals surface area (Å²) in [6.07, 6.45) is 0.862. The molecule has 116 valence electrons. The number of nitrogens with zero attached hydrogens (tertiary/aromatic N) is 2. The first-order valence-corrected chi connectivity index (χ1v) is 8.35. The van der Waals surface area contributed by atoms with E-state index in [1.54, 1.807) is 0 Å². The highest BCUT2D eigenvalue weighted by Crippen LogP contribution is 2.58. The van der Waals surface area contributed by atoms with Gasteiger partial charge in [0.05, 0.1) is 4.92 Å². The van der Waals surface area contributed by atoms with Gasteiger partial charge in [-0.25, -0.2) is 4.79 Å². The summed E-state index contributed by atoms with van der Waals surface area (Å²) >= 11 is 2.58. The number of nitro groups is 2. The van der Waals surface area contributed by atoms with Crippen LogP contribution < -0.4 is 4.74 Å². The van der Waals surface area contributed by atoms with Crippen LogP contribution in [0.3, 0.4) is 0 Å². The predicted octanol–water partition coefficient (Wildman–Crippen LogP) is 2.18. The fourth-order valence-corrected chi connectivity index (χ4v) is 6.06. The van der Waals surface area contributed by atoms with Crippen molar-refractivity contribution in [2.45, 2.75) is 16.5 Å². The Hall–Kier alpha value is -1.81. The smallest absolute Gasteiger partial charge is 0.389 e. The van der Waals surface area contributed by atoms with Crippen LogP contribution in [0.4, 0.5) is 5.69 Å². The van der Waals surface area contributed by atoms with E-state index in [9.17, 15) is 25.0 Å². The molecule has 1 atom stereocenters. The molecule has 2 heterocycles. The molecule has 0 radical (unpaired) electrons. The van der Waals surface area contributed by atoms with E-state index in [2.05, 4.69) is 0 Å². The van der Waals surface area contributed by atoms with Gasteiger partial charge in [-0.2, -0.15) is 0 Å². The van der Waals surface area contributed by atoms with Crippen molar-refractivity contribution < 1.29 is 19.4 Å². The van der Waals surface area contributed by atoms with Crippen LogP contribution >= 0.6 is 23.5 Å². The molecule has 1 fully saturated rings. The molecular weight excluding hydrogens is 332 g/mol. The summed E-state index contributed by atoms with van der Waals surface area (Å²) in [7, 11) is 0. The van der Waals surface area contributed by atoms with Crippen molar-refractivity contribution in [3.63, 3.8) is 0 Å². The fourth-order valence-electron chi connectivity index (χ4n) is 2.55. The number of thioether (sulfide) groups is 2. The van der Waals surface area contributed by atoms with Crippen molar-refractivity contribution in [1.82, 2.24) is 0 Å². The zero-order valence-electron chi connectivity index (χ0n) is 11.1. The minimum atomic E-state index is -1.57. The third-order valence-electron chi connectivity index (χ3n) is 3.48. The Bertz CT molecular complexity index is 674. The van der Waals surface area contributed by atoms with Gasteiger partial charge in [0.25, 0.3) is 5.69 Å². The lowest BCUT2D eigenvalue weighted by atomic mass is 10.00. The topological polar surface area (TPSA) is 113 Å². The van der Waals surface area contributed by atoms with Gasteiger partial charge >= 0.3 is 12.0 Å². The van der Waals surface area contributed by atoms with Crippen LogP contribution in [0.15, 0.2) is 18.2 Å². The zero-order valence-corrected chi connectivity index (χ0v) is 12.7. The van der Waals surface area contributed by atoms with Gasteiger partial charge in [0.15, 0.2) is 4.08 Å². The van der Waals surface area contributed by atoms with E-state index < -0.39 is 25.9 Å². The second-order valence-corrected chi connectivity index (χ2v) is 7.70. The number of carbonyl (C=O) groups excluding carboxylic acids is 1. The number of ether oxygens (including phenoxy) is 1. The Kier molecular flexibility index (Phi) is 3.73. The van der Waals surface area contributed by atoms with Crippen LogP contribution in [-0.2, 0) is 8.87 Å². The van der Waals surface area contributed by atoms with E-state index in [1.165, 1.54) is 41.7 Å². The molecule has 0 saturated carbocycles. The second kappa shape index (κ2) is 5.43. The summed E-state index contributed by atoms with van der Waals surface area (Å²) in [5, 5.41) is 22.4. The van der Waals surface area contributed by atoms with Crippen molar-refractivity contribution in [3.8, 4) is 5.75 Å². The average molecular weight is 342 g/mol. The lowest BCUT2D eigenvalue weighted by Gasteiger charge is -2.39. The summed E-state index contributed by atoms with van der Waals surface area (Å²) in [6.45, 7) is 0. The minimum Gasteiger partial charge on any atom is -0.421 e. The van der Waals surface area contributed by atoms with E-state index in [4.69, 9.17) is 4.74 Å². The Morgan fingerprint density at radius 2 is 1.91 bits per heavy atom. The summed E-state index contributed by atoms with van der Waals surface area (Å²) < 4.78 is 3.87. The summed E-state index contributed by atoms with van der Waals surface area (Å²) in [5.74, 6) is 0.531. The maximum Gasteiger partial charge on any atom is 0.389 e. The van der Waals surface area contributed by atoms with Gasteiger partial charge in [0.2, 0.25) is 0 Å². The Labute approximate surface area is 132 Å². The maximum atomic E-state index is 12.1. The third-order valence-corrected chi connectivity index (χ3v) is 6.91. The van der Waals surface area contributed by atoms with E-state index in [1.807, 2.05) is 0 Å². The molecule has 2 aliphatic rings. The van der Waals surface area contributed by atoms with Gasteiger partial charge in [0, 0.05) is 22.6 Å². The van der Waals surface area contributed by atoms with Gasteiger partial charge in [-0.05, 0) is 24.0 Å². The monoisotopic (exact) mass is 342 g/mol. The highest BCUT2D eigenvalue weighted by molar-refractivity contribution is 8.18. The summed E-state index contributed by atoms with van der Waals surface area (Å²) in [5.41, 5.74) is 0.169. The van der Waals surface area contributed by atoms with Crippen LogP contribution in [0.25, 0.3) is 0 Å². The first-order chi connectivity index (χ1) is 10.5. The highest BCUT2D eigenvalue weighted by atomic mass is 32.2. The van der Waals surface area contributed by atoms with Crippen molar-refractivity contribution >= 4 is 35.2 Å². The lowest BCUT2D eigenvalue weighted by molar-refractivity contribution is -0.512. The minimum absolute atomic E-state index is 0.163. The number of nitro benzene ring substituents is 1. The van der Waals surface area contributed by atoms with Crippen LogP contribution in [0.2, 0.25) is 0 Å². The molecule has 0 aromatic heterocycles. The summed E-state index contributed by atoms with van der Waals surface area (Å²) in [4.78, 5) is 33.2. The van der Waals surface area contributed by atoms with Crippen molar-refractivity contribution in [2.75, 3.05) is 11.5 Å². The predicted molar refractivity (Wildman–Crippen MR) is 80.7 cm³/mol. The molecule has 3 rings (SSSR count). The molecule has 0 amide bonds. The van der Waals surface area contributed by atoms with E-state index in [0.717, 1.165) is 6.42 Å². The molecule has 0 unspecified atom stereocenters. The van der Waals surface area contributed by atoms with Crippen molar-refractivity contribution in [3.05, 3.63) is 44.0 Å². The molecule has 0 N–H and O–H groups in total.